The Balaban J connectivity index is 2.49. The van der Waals surface area contributed by atoms with E-state index in [9.17, 15) is 33.4 Å². The number of amides is 4. The van der Waals surface area contributed by atoms with Crippen molar-refractivity contribution in [1.29, 1.82) is 0 Å². The van der Waals surface area contributed by atoms with Crippen LogP contribution in [0.5, 0.6) is 0 Å². The molecular formula is C30H47N4O9P. The van der Waals surface area contributed by atoms with Gasteiger partial charge in [-0.2, -0.15) is 0 Å². The number of ether oxygens (including phenoxy) is 1. The predicted octanol–water partition coefficient (Wildman–Crippen LogP) is 2.15. The molecule has 4 unspecified atom stereocenters. The third kappa shape index (κ3) is 11.7. The Hall–Kier alpha value is -3.28. The van der Waals surface area contributed by atoms with Crippen LogP contribution >= 0.6 is 7.60 Å². The SMILES string of the molecule is COC(=O)C1Cc2cccc(c2)CNC(=O)CC(NC(=O)[C@@H](NC(=O)CC(C)C)C(C)C)C(=O)NC(CC(C)C)P(=O)(O)O1. The van der Waals surface area contributed by atoms with E-state index in [-0.39, 0.29) is 49.5 Å². The number of benzene rings is 1. The van der Waals surface area contributed by atoms with Crippen LogP contribution in [-0.2, 0) is 50.8 Å². The fourth-order valence-corrected chi connectivity index (χ4v) is 6.33. The second-order valence-electron chi connectivity index (χ2n) is 12.3. The van der Waals surface area contributed by atoms with Crippen molar-refractivity contribution in [2.75, 3.05) is 7.11 Å². The van der Waals surface area contributed by atoms with Crippen LogP contribution in [0.3, 0.4) is 0 Å². The second kappa shape index (κ2) is 16.7. The van der Waals surface area contributed by atoms with E-state index in [1.807, 2.05) is 13.8 Å². The summed E-state index contributed by atoms with van der Waals surface area (Å²) in [5.74, 6) is -5.34. The van der Waals surface area contributed by atoms with Gasteiger partial charge < -0.3 is 30.9 Å². The van der Waals surface area contributed by atoms with Crippen LogP contribution in [0.25, 0.3) is 0 Å². The Labute approximate surface area is 259 Å². The topological polar surface area (TPSA) is 189 Å². The molecule has 44 heavy (non-hydrogen) atoms. The molecule has 0 fully saturated rings. The van der Waals surface area contributed by atoms with Gasteiger partial charge in [0.05, 0.1) is 13.5 Å². The maximum atomic E-state index is 13.7. The smallest absolute Gasteiger partial charge is 0.351 e. The third-order valence-electron chi connectivity index (χ3n) is 6.92. The predicted molar refractivity (Wildman–Crippen MR) is 163 cm³/mol. The fraction of sp³-hybridized carbons (Fsp3) is 0.633. The van der Waals surface area contributed by atoms with Crippen molar-refractivity contribution in [2.24, 2.45) is 17.8 Å². The number of hydrogen-bond donors (Lipinski definition) is 5. The van der Waals surface area contributed by atoms with Gasteiger partial charge in [-0.1, -0.05) is 65.8 Å². The van der Waals surface area contributed by atoms with E-state index in [4.69, 9.17) is 9.26 Å². The van der Waals surface area contributed by atoms with Crippen molar-refractivity contribution < 1.29 is 42.7 Å². The zero-order valence-electron chi connectivity index (χ0n) is 26.5. The van der Waals surface area contributed by atoms with E-state index in [1.54, 1.807) is 52.0 Å². The van der Waals surface area contributed by atoms with E-state index < -0.39 is 61.7 Å². The highest BCUT2D eigenvalue weighted by atomic mass is 31.2. The molecule has 2 bridgehead atoms. The molecule has 1 heterocycles. The highest BCUT2D eigenvalue weighted by Gasteiger charge is 2.41. The molecule has 13 nitrogen and oxygen atoms in total. The first-order chi connectivity index (χ1) is 20.5. The molecular weight excluding hydrogens is 591 g/mol. The molecule has 0 saturated carbocycles. The number of methoxy groups -OCH3 is 1. The summed E-state index contributed by atoms with van der Waals surface area (Å²) < 4.78 is 24.0. The molecule has 1 aliphatic heterocycles. The standard InChI is InChI=1S/C30H47N4O9P/c1-17(2)11-25(36)33-27(19(5)6)29(38)32-22-15-24(35)31-16-21-10-8-9-20(13-21)14-23(30(39)42-7)43-44(40,41)26(12-18(3)4)34-28(22)37/h8-10,13,17-19,22-23,26-27H,11-12,14-16H2,1-7H3,(H,31,35)(H,32,38)(H,33,36)(H,34,37)(H,40,41)/t22?,23?,26?,27-/m0/s1. The molecule has 0 radical (unpaired) electrons. The average Bonchev–Trinajstić information content (AvgIpc) is 2.92. The largest absolute Gasteiger partial charge is 0.467 e. The van der Waals surface area contributed by atoms with Gasteiger partial charge >= 0.3 is 13.6 Å². The first kappa shape index (κ1) is 36.9. The number of carbonyl (C=O) groups excluding carboxylic acids is 5. The Kier molecular flexibility index (Phi) is 14.0. The highest BCUT2D eigenvalue weighted by Crippen LogP contribution is 2.50. The van der Waals surface area contributed by atoms with E-state index in [0.717, 1.165) is 7.11 Å². The summed E-state index contributed by atoms with van der Waals surface area (Å²) in [5, 5.41) is 10.5. The minimum Gasteiger partial charge on any atom is -0.467 e. The van der Waals surface area contributed by atoms with Crippen LogP contribution < -0.4 is 21.3 Å². The van der Waals surface area contributed by atoms with E-state index in [0.29, 0.717) is 11.1 Å². The lowest BCUT2D eigenvalue weighted by Crippen LogP contribution is -2.57. The molecule has 14 heteroatoms. The zero-order valence-corrected chi connectivity index (χ0v) is 27.4. The number of hydrogen-bond acceptors (Lipinski definition) is 8. The summed E-state index contributed by atoms with van der Waals surface area (Å²) in [6, 6.07) is 4.39. The van der Waals surface area contributed by atoms with E-state index in [2.05, 4.69) is 21.3 Å². The molecule has 4 amide bonds. The minimum atomic E-state index is -4.75. The van der Waals surface area contributed by atoms with Crippen LogP contribution in [0.2, 0.25) is 0 Å². The average molecular weight is 639 g/mol. The van der Waals surface area contributed by atoms with Gasteiger partial charge in [0.2, 0.25) is 23.6 Å². The molecule has 2 rings (SSSR count). The van der Waals surface area contributed by atoms with E-state index >= 15 is 0 Å². The van der Waals surface area contributed by atoms with Gasteiger partial charge in [-0.05, 0) is 35.3 Å². The number of nitrogens with one attached hydrogen (secondary N) is 4. The van der Waals surface area contributed by atoms with Gasteiger partial charge in [-0.25, -0.2) is 4.79 Å². The molecule has 0 aromatic heterocycles. The first-order valence-electron chi connectivity index (χ1n) is 14.9. The molecule has 246 valence electrons. The first-order valence-corrected chi connectivity index (χ1v) is 16.5. The van der Waals surface area contributed by atoms with Gasteiger partial charge in [0.25, 0.3) is 0 Å². The Morgan fingerprint density at radius 1 is 1.07 bits per heavy atom. The molecule has 0 aliphatic carbocycles. The van der Waals surface area contributed by atoms with Crippen molar-refractivity contribution in [2.45, 2.75) is 97.7 Å². The van der Waals surface area contributed by atoms with Crippen LogP contribution in [-0.4, -0.2) is 65.6 Å². The van der Waals surface area contributed by atoms with E-state index in [1.165, 1.54) is 0 Å². The van der Waals surface area contributed by atoms with Gasteiger partial charge in [-0.15, -0.1) is 0 Å². The normalized spacial score (nSPS) is 24.0. The maximum Gasteiger partial charge on any atom is 0.351 e. The van der Waals surface area contributed by atoms with Crippen molar-refractivity contribution >= 4 is 37.2 Å². The summed E-state index contributed by atoms with van der Waals surface area (Å²) >= 11 is 0. The lowest BCUT2D eigenvalue weighted by atomic mass is 10.0. The molecule has 0 spiro atoms. The van der Waals surface area contributed by atoms with Crippen LogP contribution in [0.15, 0.2) is 24.3 Å². The maximum absolute atomic E-state index is 13.7. The summed E-state index contributed by atoms with van der Waals surface area (Å²) in [6.07, 6.45) is -1.87. The molecule has 1 aromatic rings. The summed E-state index contributed by atoms with van der Waals surface area (Å²) in [7, 11) is -3.61. The lowest BCUT2D eigenvalue weighted by Gasteiger charge is -2.30. The van der Waals surface area contributed by atoms with Crippen molar-refractivity contribution in [3.8, 4) is 0 Å². The van der Waals surface area contributed by atoms with Gasteiger partial charge in [0.1, 0.15) is 17.9 Å². The summed E-state index contributed by atoms with van der Waals surface area (Å²) in [6.45, 7) is 10.8. The number of carbonyl (C=O) groups is 5. The zero-order chi connectivity index (χ0) is 33.2. The lowest BCUT2D eigenvalue weighted by molar-refractivity contribution is -0.149. The van der Waals surface area contributed by atoms with Crippen molar-refractivity contribution in [3.63, 3.8) is 0 Å². The van der Waals surface area contributed by atoms with Gasteiger partial charge in [0, 0.05) is 19.4 Å². The third-order valence-corrected chi connectivity index (χ3v) is 8.61. The van der Waals surface area contributed by atoms with Gasteiger partial charge in [0.15, 0.2) is 6.10 Å². The molecule has 5 atom stereocenters. The molecule has 1 aromatic carbocycles. The summed E-state index contributed by atoms with van der Waals surface area (Å²) in [4.78, 5) is 76.2. The summed E-state index contributed by atoms with van der Waals surface area (Å²) in [5.41, 5.74) is 1.26. The Bertz CT molecular complexity index is 1240. The number of fused-ring (bicyclic) bond motifs is 2. The van der Waals surface area contributed by atoms with Crippen LogP contribution in [0.1, 0.15) is 71.9 Å². The minimum absolute atomic E-state index is 0.0182. The number of rotatable bonds is 9. The van der Waals surface area contributed by atoms with Crippen LogP contribution in [0, 0.1) is 17.8 Å². The van der Waals surface area contributed by atoms with Crippen LogP contribution in [0.4, 0.5) is 0 Å². The monoisotopic (exact) mass is 638 g/mol. The highest BCUT2D eigenvalue weighted by molar-refractivity contribution is 7.53. The van der Waals surface area contributed by atoms with Crippen molar-refractivity contribution in [3.05, 3.63) is 35.4 Å². The second-order valence-corrected chi connectivity index (χ2v) is 14.3. The molecule has 5 N–H and O–H groups in total. The molecule has 1 aliphatic rings. The van der Waals surface area contributed by atoms with Crippen molar-refractivity contribution in [1.82, 2.24) is 21.3 Å². The van der Waals surface area contributed by atoms with Gasteiger partial charge in [-0.3, -0.25) is 28.3 Å². The Morgan fingerprint density at radius 2 is 1.73 bits per heavy atom. The number of esters is 1. The fourth-order valence-electron chi connectivity index (χ4n) is 4.68. The molecule has 0 saturated heterocycles. The quantitative estimate of drug-likeness (QED) is 0.199. The Morgan fingerprint density at radius 3 is 2.32 bits per heavy atom.